The van der Waals surface area contributed by atoms with Gasteiger partial charge >= 0.3 is 0 Å². The van der Waals surface area contributed by atoms with Gasteiger partial charge in [-0.1, -0.05) is 29.8 Å². The third-order valence-electron chi connectivity index (χ3n) is 8.47. The highest BCUT2D eigenvalue weighted by molar-refractivity contribution is 7.89. The number of halogens is 1. The Bertz CT molecular complexity index is 1460. The van der Waals surface area contributed by atoms with Crippen LogP contribution in [0.15, 0.2) is 71.9 Å². The van der Waals surface area contributed by atoms with Crippen LogP contribution in [0.3, 0.4) is 0 Å². The first-order chi connectivity index (χ1) is 18.3. The van der Waals surface area contributed by atoms with Gasteiger partial charge in [0, 0.05) is 55.9 Å². The second kappa shape index (κ2) is 9.98. The molecule has 2 aliphatic heterocycles. The number of sulfonamides is 1. The quantitative estimate of drug-likeness (QED) is 0.492. The average Bonchev–Trinajstić information content (AvgIpc) is 3.53. The Hall–Kier alpha value is -2.94. The molecular formula is C29H31ClN4O3S. The van der Waals surface area contributed by atoms with E-state index in [1.54, 1.807) is 18.2 Å². The maximum atomic E-state index is 13.5. The molecule has 1 spiro atoms. The topological polar surface area (TPSA) is 82.6 Å². The lowest BCUT2D eigenvalue weighted by atomic mass is 9.77. The van der Waals surface area contributed by atoms with Crippen LogP contribution in [0.1, 0.15) is 53.2 Å². The summed E-state index contributed by atoms with van der Waals surface area (Å²) >= 11 is 6.14. The molecule has 0 radical (unpaired) electrons. The first-order valence-corrected chi connectivity index (χ1v) is 15.0. The first kappa shape index (κ1) is 25.3. The number of hydrogen-bond donors (Lipinski definition) is 1. The van der Waals surface area contributed by atoms with Crippen molar-refractivity contribution in [3.05, 3.63) is 88.7 Å². The van der Waals surface area contributed by atoms with Gasteiger partial charge in [0.15, 0.2) is 0 Å². The van der Waals surface area contributed by atoms with E-state index in [0.717, 1.165) is 63.0 Å². The maximum absolute atomic E-state index is 13.5. The Balaban J connectivity index is 1.11. The van der Waals surface area contributed by atoms with Crippen LogP contribution in [0.2, 0.25) is 5.02 Å². The number of pyridine rings is 1. The molecule has 2 saturated heterocycles. The van der Waals surface area contributed by atoms with Crippen LogP contribution in [-0.4, -0.2) is 50.4 Å². The third-order valence-corrected chi connectivity index (χ3v) is 10.4. The minimum absolute atomic E-state index is 0.0707. The monoisotopic (exact) mass is 550 g/mol. The smallest absolute Gasteiger partial charge is 0.253 e. The zero-order chi connectivity index (χ0) is 26.3. The highest BCUT2D eigenvalue weighted by atomic mass is 35.5. The zero-order valence-electron chi connectivity index (χ0n) is 21.1. The van der Waals surface area contributed by atoms with Gasteiger partial charge < -0.3 is 9.80 Å². The van der Waals surface area contributed by atoms with Gasteiger partial charge in [-0.2, -0.15) is 0 Å². The van der Waals surface area contributed by atoms with Crippen LogP contribution in [0.25, 0.3) is 0 Å². The van der Waals surface area contributed by atoms with Crippen molar-refractivity contribution in [1.29, 1.82) is 0 Å². The fourth-order valence-electron chi connectivity index (χ4n) is 6.28. The van der Waals surface area contributed by atoms with Crippen LogP contribution in [0, 0.1) is 5.41 Å². The van der Waals surface area contributed by atoms with Crippen molar-refractivity contribution in [1.82, 2.24) is 14.6 Å². The summed E-state index contributed by atoms with van der Waals surface area (Å²) < 4.78 is 28.7. The minimum atomic E-state index is -3.76. The Morgan fingerprint density at radius 2 is 1.74 bits per heavy atom. The van der Waals surface area contributed by atoms with Gasteiger partial charge in [0.2, 0.25) is 10.0 Å². The zero-order valence-corrected chi connectivity index (χ0v) is 22.7. The van der Waals surface area contributed by atoms with Gasteiger partial charge in [-0.25, -0.2) is 13.1 Å². The van der Waals surface area contributed by atoms with Gasteiger partial charge in [-0.15, -0.1) is 0 Å². The number of nitrogens with one attached hydrogen (secondary N) is 1. The molecule has 198 valence electrons. The standard InChI is InChI=1S/C29H31ClN4O3S/c30-25-3-1-2-4-27(25)38(36,37)32-26-8-6-21-19-22(5-7-24(21)26)28(35)34-18-13-29(20-34)11-16-33(17-12-29)23-9-14-31-15-10-23/h1-5,7,9-10,14-15,19,26,32H,6,8,11-13,16-18,20H2/t26-/m1/s1. The lowest BCUT2D eigenvalue weighted by Gasteiger charge is -2.40. The van der Waals surface area contributed by atoms with E-state index in [0.29, 0.717) is 12.0 Å². The fourth-order valence-corrected chi connectivity index (χ4v) is 8.05. The molecule has 1 aliphatic carbocycles. The van der Waals surface area contributed by atoms with Crippen molar-refractivity contribution in [2.75, 3.05) is 31.1 Å². The predicted molar refractivity (Wildman–Crippen MR) is 148 cm³/mol. The van der Waals surface area contributed by atoms with Crippen molar-refractivity contribution >= 4 is 33.2 Å². The molecule has 0 unspecified atom stereocenters. The average molecular weight is 551 g/mol. The number of amides is 1. The number of carbonyl (C=O) groups excluding carboxylic acids is 1. The maximum Gasteiger partial charge on any atom is 0.253 e. The van der Waals surface area contributed by atoms with Crippen molar-refractivity contribution in [2.45, 2.75) is 43.0 Å². The van der Waals surface area contributed by atoms with Crippen LogP contribution < -0.4 is 9.62 Å². The number of fused-ring (bicyclic) bond motifs is 1. The molecule has 1 atom stereocenters. The van der Waals surface area contributed by atoms with Gasteiger partial charge in [-0.3, -0.25) is 9.78 Å². The van der Waals surface area contributed by atoms with E-state index in [2.05, 4.69) is 26.7 Å². The number of aromatic nitrogens is 1. The molecule has 0 saturated carbocycles. The number of benzene rings is 2. The molecule has 3 aromatic rings. The predicted octanol–water partition coefficient (Wildman–Crippen LogP) is 4.83. The van der Waals surface area contributed by atoms with Gasteiger partial charge in [-0.05, 0) is 85.0 Å². The number of likely N-dealkylation sites (tertiary alicyclic amines) is 1. The summed E-state index contributed by atoms with van der Waals surface area (Å²) in [7, 11) is -3.76. The van der Waals surface area contributed by atoms with Gasteiger partial charge in [0.1, 0.15) is 4.90 Å². The van der Waals surface area contributed by atoms with E-state index >= 15 is 0 Å². The van der Waals surface area contributed by atoms with E-state index in [4.69, 9.17) is 11.6 Å². The van der Waals surface area contributed by atoms with Crippen molar-refractivity contribution in [2.24, 2.45) is 5.41 Å². The Labute approximate surface area is 228 Å². The molecule has 38 heavy (non-hydrogen) atoms. The van der Waals surface area contributed by atoms with Crippen LogP contribution in [0.4, 0.5) is 5.69 Å². The van der Waals surface area contributed by atoms with Crippen molar-refractivity contribution < 1.29 is 13.2 Å². The number of piperidine rings is 1. The summed E-state index contributed by atoms with van der Waals surface area (Å²) in [5, 5.41) is 0.200. The first-order valence-electron chi connectivity index (χ1n) is 13.2. The lowest BCUT2D eigenvalue weighted by molar-refractivity contribution is 0.0764. The molecule has 9 heteroatoms. The number of nitrogens with zero attached hydrogens (tertiary/aromatic N) is 3. The summed E-state index contributed by atoms with van der Waals surface area (Å²) in [4.78, 5) is 22.1. The summed E-state index contributed by atoms with van der Waals surface area (Å²) in [5.74, 6) is 0.0707. The summed E-state index contributed by atoms with van der Waals surface area (Å²) in [6.07, 6.45) is 8.25. The van der Waals surface area contributed by atoms with E-state index < -0.39 is 10.0 Å². The highest BCUT2D eigenvalue weighted by Gasteiger charge is 2.42. The van der Waals surface area contributed by atoms with Gasteiger partial charge in [0.25, 0.3) is 5.91 Å². The highest BCUT2D eigenvalue weighted by Crippen LogP contribution is 2.42. The third kappa shape index (κ3) is 4.81. The summed E-state index contributed by atoms with van der Waals surface area (Å²) in [6.45, 7) is 3.57. The molecular weight excluding hydrogens is 520 g/mol. The molecule has 2 fully saturated rings. The molecule has 7 nitrogen and oxygen atoms in total. The molecule has 2 aromatic carbocycles. The SMILES string of the molecule is O=C(c1ccc2c(c1)CC[C@H]2NS(=O)(=O)c1ccccc1Cl)N1CCC2(CCN(c3ccncc3)CC2)C1. The number of rotatable bonds is 5. The second-order valence-electron chi connectivity index (χ2n) is 10.7. The van der Waals surface area contributed by atoms with E-state index in [1.165, 1.54) is 11.8 Å². The number of anilines is 1. The van der Waals surface area contributed by atoms with E-state index in [9.17, 15) is 13.2 Å². The number of carbonyl (C=O) groups is 1. The van der Waals surface area contributed by atoms with Crippen LogP contribution in [-0.2, 0) is 16.4 Å². The summed E-state index contributed by atoms with van der Waals surface area (Å²) in [5.41, 5.74) is 4.05. The fraction of sp³-hybridized carbons (Fsp3) is 0.379. The van der Waals surface area contributed by atoms with Crippen LogP contribution >= 0.6 is 11.6 Å². The second-order valence-corrected chi connectivity index (χ2v) is 12.8. The largest absolute Gasteiger partial charge is 0.371 e. The molecule has 3 heterocycles. The molecule has 3 aliphatic rings. The minimum Gasteiger partial charge on any atom is -0.371 e. The Morgan fingerprint density at radius 1 is 1.00 bits per heavy atom. The Morgan fingerprint density at radius 3 is 2.50 bits per heavy atom. The molecule has 1 aromatic heterocycles. The lowest BCUT2D eigenvalue weighted by Crippen LogP contribution is -2.42. The van der Waals surface area contributed by atoms with Gasteiger partial charge in [0.05, 0.1) is 5.02 Å². The molecule has 6 rings (SSSR count). The number of aryl methyl sites for hydroxylation is 1. The van der Waals surface area contributed by atoms with E-state index in [-0.39, 0.29) is 27.3 Å². The Kier molecular flexibility index (Phi) is 6.66. The van der Waals surface area contributed by atoms with Crippen molar-refractivity contribution in [3.8, 4) is 0 Å². The summed E-state index contributed by atoms with van der Waals surface area (Å²) in [6, 6.07) is 15.9. The molecule has 1 N–H and O–H groups in total. The van der Waals surface area contributed by atoms with Crippen molar-refractivity contribution in [3.63, 3.8) is 0 Å². The number of hydrogen-bond acceptors (Lipinski definition) is 5. The molecule has 0 bridgehead atoms. The molecule has 1 amide bonds. The van der Waals surface area contributed by atoms with Crippen LogP contribution in [0.5, 0.6) is 0 Å². The normalized spacial score (nSPS) is 20.6. The van der Waals surface area contributed by atoms with E-state index in [1.807, 2.05) is 35.5 Å².